The van der Waals surface area contributed by atoms with Gasteiger partial charge in [0.25, 0.3) is 5.69 Å². The maximum Gasteiger partial charge on any atom is 0.274 e. The first-order valence-electron chi connectivity index (χ1n) is 5.80. The van der Waals surface area contributed by atoms with Crippen LogP contribution in [0.15, 0.2) is 40.9 Å². The maximum atomic E-state index is 11.3. The molecule has 0 saturated carbocycles. The second-order valence-electron chi connectivity index (χ2n) is 4.21. The average Bonchev–Trinajstić information content (AvgIpc) is 2.40. The number of non-ortho nitro benzene ring substituents is 1. The molecule has 0 bridgehead atoms. The smallest absolute Gasteiger partial charge is 0.274 e. The van der Waals surface area contributed by atoms with Crippen LogP contribution in [-0.2, 0) is 0 Å². The van der Waals surface area contributed by atoms with Crippen molar-refractivity contribution in [2.75, 3.05) is 0 Å². The van der Waals surface area contributed by atoms with Gasteiger partial charge in [0, 0.05) is 16.1 Å². The number of hydrogen-bond acceptors (Lipinski definition) is 4. The van der Waals surface area contributed by atoms with Crippen LogP contribution in [0.25, 0.3) is 0 Å². The molecule has 2 aromatic rings. The SMILES string of the molecule is CC(=O)c1ccc(Oc2cc(Br)cc([N+](=O)[O-])c2)c(Cl)c1. The van der Waals surface area contributed by atoms with E-state index in [0.29, 0.717) is 15.8 Å². The van der Waals surface area contributed by atoms with Gasteiger partial charge in [0.05, 0.1) is 16.0 Å². The summed E-state index contributed by atoms with van der Waals surface area (Å²) in [4.78, 5) is 21.5. The lowest BCUT2D eigenvalue weighted by atomic mass is 10.1. The lowest BCUT2D eigenvalue weighted by Gasteiger charge is -2.09. The highest BCUT2D eigenvalue weighted by Crippen LogP contribution is 2.33. The van der Waals surface area contributed by atoms with Crippen molar-refractivity contribution in [3.05, 3.63) is 61.6 Å². The van der Waals surface area contributed by atoms with Crippen LogP contribution in [-0.4, -0.2) is 10.7 Å². The number of rotatable bonds is 4. The predicted octanol–water partition coefficient (Wildman–Crippen LogP) is 5.01. The standard InChI is InChI=1S/C14H9BrClNO4/c1-8(18)9-2-3-14(13(16)4-9)21-12-6-10(15)5-11(7-12)17(19)20/h2-7H,1H3. The fraction of sp³-hybridized carbons (Fsp3) is 0.0714. The van der Waals surface area contributed by atoms with E-state index in [2.05, 4.69) is 15.9 Å². The van der Waals surface area contributed by atoms with E-state index >= 15 is 0 Å². The fourth-order valence-corrected chi connectivity index (χ4v) is 2.32. The maximum absolute atomic E-state index is 11.3. The van der Waals surface area contributed by atoms with Crippen molar-refractivity contribution in [1.82, 2.24) is 0 Å². The highest BCUT2D eigenvalue weighted by molar-refractivity contribution is 9.10. The van der Waals surface area contributed by atoms with Gasteiger partial charge in [-0.05, 0) is 31.2 Å². The minimum Gasteiger partial charge on any atom is -0.456 e. The summed E-state index contributed by atoms with van der Waals surface area (Å²) in [5.41, 5.74) is 0.364. The number of hydrogen-bond donors (Lipinski definition) is 0. The molecule has 108 valence electrons. The number of nitrogens with zero attached hydrogens (tertiary/aromatic N) is 1. The van der Waals surface area contributed by atoms with Gasteiger partial charge in [-0.3, -0.25) is 14.9 Å². The Hall–Kier alpha value is -1.92. The number of Topliss-reactive ketones (excluding diaryl/α,β-unsaturated/α-hetero) is 1. The molecule has 0 fully saturated rings. The highest BCUT2D eigenvalue weighted by Gasteiger charge is 2.12. The van der Waals surface area contributed by atoms with Gasteiger partial charge >= 0.3 is 0 Å². The Kier molecular flexibility index (Phi) is 4.59. The van der Waals surface area contributed by atoms with Crippen LogP contribution in [0.2, 0.25) is 5.02 Å². The van der Waals surface area contributed by atoms with Gasteiger partial charge in [-0.15, -0.1) is 0 Å². The molecule has 0 unspecified atom stereocenters. The summed E-state index contributed by atoms with van der Waals surface area (Å²) in [6, 6.07) is 8.86. The van der Waals surface area contributed by atoms with Crippen LogP contribution in [0, 0.1) is 10.1 Å². The van der Waals surface area contributed by atoms with Crippen LogP contribution >= 0.6 is 27.5 Å². The van der Waals surface area contributed by atoms with E-state index in [4.69, 9.17) is 16.3 Å². The molecule has 0 radical (unpaired) electrons. The van der Waals surface area contributed by atoms with E-state index in [-0.39, 0.29) is 22.2 Å². The fourth-order valence-electron chi connectivity index (χ4n) is 1.64. The van der Waals surface area contributed by atoms with Gasteiger partial charge in [-0.25, -0.2) is 0 Å². The molecule has 0 amide bonds. The van der Waals surface area contributed by atoms with E-state index in [0.717, 1.165) is 0 Å². The second-order valence-corrected chi connectivity index (χ2v) is 5.53. The number of ether oxygens (including phenoxy) is 1. The quantitative estimate of drug-likeness (QED) is 0.431. The van der Waals surface area contributed by atoms with Crippen LogP contribution in [0.1, 0.15) is 17.3 Å². The van der Waals surface area contributed by atoms with Crippen molar-refractivity contribution in [2.45, 2.75) is 6.92 Å². The molecule has 0 N–H and O–H groups in total. The van der Waals surface area contributed by atoms with Crippen molar-refractivity contribution in [1.29, 1.82) is 0 Å². The molecule has 7 heteroatoms. The third-order valence-electron chi connectivity index (χ3n) is 2.63. The Labute approximate surface area is 133 Å². The molecule has 2 aromatic carbocycles. The zero-order chi connectivity index (χ0) is 15.6. The largest absolute Gasteiger partial charge is 0.456 e. The van der Waals surface area contributed by atoms with Gasteiger partial charge in [0.2, 0.25) is 0 Å². The Morgan fingerprint density at radius 2 is 2.00 bits per heavy atom. The lowest BCUT2D eigenvalue weighted by Crippen LogP contribution is -1.94. The van der Waals surface area contributed by atoms with Crippen molar-refractivity contribution in [3.8, 4) is 11.5 Å². The molecule has 21 heavy (non-hydrogen) atoms. The summed E-state index contributed by atoms with van der Waals surface area (Å²) in [5.74, 6) is 0.476. The number of benzene rings is 2. The molecule has 0 aliphatic carbocycles. The van der Waals surface area contributed by atoms with Gasteiger partial charge in [-0.1, -0.05) is 27.5 Å². The predicted molar refractivity (Wildman–Crippen MR) is 82.3 cm³/mol. The van der Waals surface area contributed by atoms with Crippen LogP contribution in [0.5, 0.6) is 11.5 Å². The van der Waals surface area contributed by atoms with E-state index in [9.17, 15) is 14.9 Å². The minimum atomic E-state index is -0.516. The summed E-state index contributed by atoms with van der Waals surface area (Å²) in [6.07, 6.45) is 0. The Morgan fingerprint density at radius 1 is 1.29 bits per heavy atom. The monoisotopic (exact) mass is 369 g/mol. The molecule has 0 saturated heterocycles. The number of halogens is 2. The molecule has 2 rings (SSSR count). The summed E-state index contributed by atoms with van der Waals surface area (Å²) >= 11 is 9.22. The summed E-state index contributed by atoms with van der Waals surface area (Å²) < 4.78 is 6.05. The molecule has 0 heterocycles. The number of ketones is 1. The first-order chi connectivity index (χ1) is 9.86. The van der Waals surface area contributed by atoms with Gasteiger partial charge < -0.3 is 4.74 Å². The third-order valence-corrected chi connectivity index (χ3v) is 3.39. The van der Waals surface area contributed by atoms with Gasteiger partial charge in [0.15, 0.2) is 5.78 Å². The lowest BCUT2D eigenvalue weighted by molar-refractivity contribution is -0.385. The number of nitro benzene ring substituents is 1. The average molecular weight is 371 g/mol. The first-order valence-corrected chi connectivity index (χ1v) is 6.97. The molecule has 5 nitrogen and oxygen atoms in total. The van der Waals surface area contributed by atoms with Crippen molar-refractivity contribution >= 4 is 39.0 Å². The molecule has 0 aliphatic rings. The topological polar surface area (TPSA) is 69.4 Å². The Bertz CT molecular complexity index is 733. The van der Waals surface area contributed by atoms with E-state index in [1.54, 1.807) is 18.2 Å². The van der Waals surface area contributed by atoms with Gasteiger partial charge in [0.1, 0.15) is 11.5 Å². The zero-order valence-corrected chi connectivity index (χ0v) is 13.1. The molecule has 0 spiro atoms. The zero-order valence-electron chi connectivity index (χ0n) is 10.8. The van der Waals surface area contributed by atoms with Crippen LogP contribution in [0.4, 0.5) is 5.69 Å². The Balaban J connectivity index is 2.34. The van der Waals surface area contributed by atoms with Crippen molar-refractivity contribution < 1.29 is 14.5 Å². The van der Waals surface area contributed by atoms with Crippen LogP contribution in [0.3, 0.4) is 0 Å². The number of carbonyl (C=O) groups excluding carboxylic acids is 1. The molecule has 0 aliphatic heterocycles. The normalized spacial score (nSPS) is 10.2. The Morgan fingerprint density at radius 3 is 2.57 bits per heavy atom. The summed E-state index contributed by atoms with van der Waals surface area (Å²) in [5, 5.41) is 11.1. The number of nitro groups is 1. The molecular formula is C14H9BrClNO4. The van der Waals surface area contributed by atoms with E-state index in [1.807, 2.05) is 0 Å². The minimum absolute atomic E-state index is 0.101. The first kappa shape index (κ1) is 15.5. The van der Waals surface area contributed by atoms with Gasteiger partial charge in [-0.2, -0.15) is 0 Å². The third kappa shape index (κ3) is 3.80. The molecular weight excluding hydrogens is 362 g/mol. The van der Waals surface area contributed by atoms with Crippen LogP contribution < -0.4 is 4.74 Å². The summed E-state index contributed by atoms with van der Waals surface area (Å²) in [6.45, 7) is 1.43. The molecule has 0 aromatic heterocycles. The van der Waals surface area contributed by atoms with E-state index < -0.39 is 4.92 Å². The number of carbonyl (C=O) groups is 1. The van der Waals surface area contributed by atoms with E-state index in [1.165, 1.54) is 25.1 Å². The highest BCUT2D eigenvalue weighted by atomic mass is 79.9. The van der Waals surface area contributed by atoms with Crippen molar-refractivity contribution in [2.24, 2.45) is 0 Å². The second kappa shape index (κ2) is 6.24. The summed E-state index contributed by atoms with van der Waals surface area (Å²) in [7, 11) is 0. The molecule has 0 atom stereocenters. The van der Waals surface area contributed by atoms with Crippen molar-refractivity contribution in [3.63, 3.8) is 0 Å².